The first-order chi connectivity index (χ1) is 11.2. The van der Waals surface area contributed by atoms with Crippen LogP contribution in [0.15, 0.2) is 24.3 Å². The molecule has 1 aliphatic heterocycles. The number of carbonyl (C=O) groups excluding carboxylic acids is 2. The van der Waals surface area contributed by atoms with Crippen molar-refractivity contribution >= 4 is 17.5 Å². The van der Waals surface area contributed by atoms with Crippen molar-refractivity contribution < 1.29 is 14.3 Å². The van der Waals surface area contributed by atoms with Crippen LogP contribution >= 0.6 is 0 Å². The molecule has 1 saturated carbocycles. The van der Waals surface area contributed by atoms with Gasteiger partial charge in [0, 0.05) is 37.3 Å². The van der Waals surface area contributed by atoms with Crippen LogP contribution in [0.2, 0.25) is 0 Å². The summed E-state index contributed by atoms with van der Waals surface area (Å²) in [6, 6.07) is 7.69. The standard InChI is InChI=1S/C18H24N2O3/c21-17(15-7-9-23-10-8-15)19-12-13-3-1-6-16(11-13)20-18(22)14-4-2-5-14/h1,3,6,11,14-15H,2,4-5,7-10,12H2,(H,19,21)(H,20,22). The predicted octanol–water partition coefficient (Wildman–Crippen LogP) is 2.47. The Bertz CT molecular complexity index is 563. The monoisotopic (exact) mass is 316 g/mol. The molecule has 5 heteroatoms. The average molecular weight is 316 g/mol. The van der Waals surface area contributed by atoms with Gasteiger partial charge < -0.3 is 15.4 Å². The Labute approximate surface area is 136 Å². The van der Waals surface area contributed by atoms with E-state index in [0.29, 0.717) is 19.8 Å². The molecule has 0 spiro atoms. The van der Waals surface area contributed by atoms with Crippen LogP contribution < -0.4 is 10.6 Å². The first-order valence-electron chi connectivity index (χ1n) is 8.47. The Hall–Kier alpha value is -1.88. The number of nitrogens with one attached hydrogen (secondary N) is 2. The quantitative estimate of drug-likeness (QED) is 0.877. The number of benzene rings is 1. The van der Waals surface area contributed by atoms with Crippen LogP contribution in [0.4, 0.5) is 5.69 Å². The van der Waals surface area contributed by atoms with Gasteiger partial charge in [-0.2, -0.15) is 0 Å². The third-order valence-corrected chi connectivity index (χ3v) is 4.73. The summed E-state index contributed by atoms with van der Waals surface area (Å²) < 4.78 is 5.28. The highest BCUT2D eigenvalue weighted by atomic mass is 16.5. The van der Waals surface area contributed by atoms with Crippen molar-refractivity contribution in [1.82, 2.24) is 5.32 Å². The van der Waals surface area contributed by atoms with Crippen molar-refractivity contribution in [3.8, 4) is 0 Å². The van der Waals surface area contributed by atoms with Gasteiger partial charge in [0.2, 0.25) is 11.8 Å². The van der Waals surface area contributed by atoms with Crippen molar-refractivity contribution in [3.05, 3.63) is 29.8 Å². The Morgan fingerprint density at radius 2 is 1.78 bits per heavy atom. The lowest BCUT2D eigenvalue weighted by Gasteiger charge is -2.24. The molecule has 0 atom stereocenters. The van der Waals surface area contributed by atoms with Crippen molar-refractivity contribution in [3.63, 3.8) is 0 Å². The summed E-state index contributed by atoms with van der Waals surface area (Å²) in [7, 11) is 0. The van der Waals surface area contributed by atoms with Crippen LogP contribution in [0, 0.1) is 11.8 Å². The summed E-state index contributed by atoms with van der Waals surface area (Å²) in [6.45, 7) is 1.82. The van der Waals surface area contributed by atoms with Crippen LogP contribution in [0.5, 0.6) is 0 Å². The highest BCUT2D eigenvalue weighted by Gasteiger charge is 2.25. The van der Waals surface area contributed by atoms with E-state index in [1.165, 1.54) is 0 Å². The molecular weight excluding hydrogens is 292 g/mol. The Kier molecular flexibility index (Phi) is 5.28. The van der Waals surface area contributed by atoms with E-state index in [0.717, 1.165) is 43.4 Å². The Morgan fingerprint density at radius 1 is 1.04 bits per heavy atom. The van der Waals surface area contributed by atoms with Crippen LogP contribution in [-0.2, 0) is 20.9 Å². The lowest BCUT2D eigenvalue weighted by Crippen LogP contribution is -2.33. The van der Waals surface area contributed by atoms with Gasteiger partial charge in [-0.3, -0.25) is 9.59 Å². The first kappa shape index (κ1) is 16.0. The van der Waals surface area contributed by atoms with E-state index in [9.17, 15) is 9.59 Å². The fourth-order valence-electron chi connectivity index (χ4n) is 2.97. The number of ether oxygens (including phenoxy) is 1. The molecule has 0 bridgehead atoms. The van der Waals surface area contributed by atoms with E-state index in [4.69, 9.17) is 4.74 Å². The fraction of sp³-hybridized carbons (Fsp3) is 0.556. The van der Waals surface area contributed by atoms with Crippen LogP contribution in [-0.4, -0.2) is 25.0 Å². The van der Waals surface area contributed by atoms with Gasteiger partial charge in [-0.05, 0) is 43.4 Å². The Balaban J connectivity index is 1.50. The zero-order valence-electron chi connectivity index (χ0n) is 13.3. The molecule has 2 fully saturated rings. The van der Waals surface area contributed by atoms with Crippen LogP contribution in [0.1, 0.15) is 37.7 Å². The third kappa shape index (κ3) is 4.32. The molecule has 124 valence electrons. The van der Waals surface area contributed by atoms with E-state index in [1.807, 2.05) is 24.3 Å². The zero-order valence-corrected chi connectivity index (χ0v) is 13.3. The summed E-state index contributed by atoms with van der Waals surface area (Å²) in [4.78, 5) is 24.1. The van der Waals surface area contributed by atoms with Crippen LogP contribution in [0.3, 0.4) is 0 Å². The first-order valence-corrected chi connectivity index (χ1v) is 8.47. The number of anilines is 1. The number of hydrogen-bond donors (Lipinski definition) is 2. The van der Waals surface area contributed by atoms with Gasteiger partial charge in [-0.1, -0.05) is 18.6 Å². The molecule has 2 amide bonds. The van der Waals surface area contributed by atoms with Gasteiger partial charge in [0.25, 0.3) is 0 Å². The molecule has 3 rings (SSSR count). The van der Waals surface area contributed by atoms with Gasteiger partial charge in [-0.15, -0.1) is 0 Å². The topological polar surface area (TPSA) is 67.4 Å². The number of rotatable bonds is 5. The van der Waals surface area contributed by atoms with Gasteiger partial charge in [-0.25, -0.2) is 0 Å². The molecule has 0 aromatic heterocycles. The largest absolute Gasteiger partial charge is 0.381 e. The summed E-state index contributed by atoms with van der Waals surface area (Å²) in [6.07, 6.45) is 4.72. The van der Waals surface area contributed by atoms with Gasteiger partial charge >= 0.3 is 0 Å². The van der Waals surface area contributed by atoms with Gasteiger partial charge in [0.05, 0.1) is 0 Å². The third-order valence-electron chi connectivity index (χ3n) is 4.73. The van der Waals surface area contributed by atoms with E-state index in [-0.39, 0.29) is 23.7 Å². The lowest BCUT2D eigenvalue weighted by atomic mass is 9.85. The second-order valence-electron chi connectivity index (χ2n) is 6.42. The maximum Gasteiger partial charge on any atom is 0.227 e. The van der Waals surface area contributed by atoms with Crippen molar-refractivity contribution in [1.29, 1.82) is 0 Å². The van der Waals surface area contributed by atoms with Crippen molar-refractivity contribution in [2.75, 3.05) is 18.5 Å². The molecule has 23 heavy (non-hydrogen) atoms. The number of amides is 2. The summed E-state index contributed by atoms with van der Waals surface area (Å²) in [5.41, 5.74) is 1.80. The smallest absolute Gasteiger partial charge is 0.227 e. The maximum absolute atomic E-state index is 12.1. The van der Waals surface area contributed by atoms with E-state index in [2.05, 4.69) is 10.6 Å². The minimum absolute atomic E-state index is 0.0604. The molecule has 1 aliphatic carbocycles. The second-order valence-corrected chi connectivity index (χ2v) is 6.42. The molecule has 1 aromatic carbocycles. The van der Waals surface area contributed by atoms with Crippen molar-refractivity contribution in [2.24, 2.45) is 11.8 Å². The number of hydrogen-bond acceptors (Lipinski definition) is 3. The predicted molar refractivity (Wildman–Crippen MR) is 87.8 cm³/mol. The van der Waals surface area contributed by atoms with Gasteiger partial charge in [0.1, 0.15) is 0 Å². The highest BCUT2D eigenvalue weighted by Crippen LogP contribution is 2.27. The molecule has 1 saturated heterocycles. The lowest BCUT2D eigenvalue weighted by molar-refractivity contribution is -0.128. The van der Waals surface area contributed by atoms with E-state index in [1.54, 1.807) is 0 Å². The fourth-order valence-corrected chi connectivity index (χ4v) is 2.97. The average Bonchev–Trinajstić information content (AvgIpc) is 2.52. The van der Waals surface area contributed by atoms with E-state index < -0.39 is 0 Å². The molecule has 2 aliphatic rings. The molecule has 1 aromatic rings. The second kappa shape index (κ2) is 7.59. The molecule has 0 unspecified atom stereocenters. The SMILES string of the molecule is O=C(NCc1cccc(NC(=O)C2CCC2)c1)C1CCOCC1. The van der Waals surface area contributed by atoms with E-state index >= 15 is 0 Å². The summed E-state index contributed by atoms with van der Waals surface area (Å²) in [5, 5.41) is 5.95. The molecule has 5 nitrogen and oxygen atoms in total. The maximum atomic E-state index is 12.1. The highest BCUT2D eigenvalue weighted by molar-refractivity contribution is 5.93. The van der Waals surface area contributed by atoms with Crippen molar-refractivity contribution in [2.45, 2.75) is 38.6 Å². The summed E-state index contributed by atoms with van der Waals surface area (Å²) >= 11 is 0. The van der Waals surface area contributed by atoms with Gasteiger partial charge in [0.15, 0.2) is 0 Å². The zero-order chi connectivity index (χ0) is 16.1. The molecular formula is C18H24N2O3. The Morgan fingerprint density at radius 3 is 2.48 bits per heavy atom. The molecule has 1 heterocycles. The minimum atomic E-state index is 0.0604. The molecule has 0 radical (unpaired) electrons. The minimum Gasteiger partial charge on any atom is -0.381 e. The normalized spacial score (nSPS) is 19.0. The van der Waals surface area contributed by atoms with Crippen LogP contribution in [0.25, 0.3) is 0 Å². The summed E-state index contributed by atoms with van der Waals surface area (Å²) in [5.74, 6) is 0.439. The molecule has 2 N–H and O–H groups in total. The number of carbonyl (C=O) groups is 2.